The standard InChI is InChI=1S/C20H23N7O2/c1-4-12(26-9-14-16(10-26)29-11(2)22-14)8-17-23-19-13-6-5-7-15(28-3)18(13)24-20(21)27(19)25-17/h5-7,12H,4,8-10H2,1-3H3,(H2,21,24)/t12-/m1/s1. The molecule has 0 saturated carbocycles. The molecule has 0 bridgehead atoms. The highest BCUT2D eigenvalue weighted by Gasteiger charge is 2.30. The highest BCUT2D eigenvalue weighted by atomic mass is 16.5. The molecule has 29 heavy (non-hydrogen) atoms. The monoisotopic (exact) mass is 393 g/mol. The number of fused-ring (bicyclic) bond motifs is 4. The summed E-state index contributed by atoms with van der Waals surface area (Å²) in [6.45, 7) is 5.63. The summed E-state index contributed by atoms with van der Waals surface area (Å²) in [7, 11) is 1.62. The van der Waals surface area contributed by atoms with Gasteiger partial charge in [0.15, 0.2) is 17.4 Å². The van der Waals surface area contributed by atoms with E-state index in [2.05, 4.69) is 26.9 Å². The van der Waals surface area contributed by atoms with Crippen molar-refractivity contribution in [2.75, 3.05) is 12.8 Å². The molecule has 0 amide bonds. The Morgan fingerprint density at radius 1 is 1.24 bits per heavy atom. The van der Waals surface area contributed by atoms with Crippen LogP contribution in [0.5, 0.6) is 5.75 Å². The number of aromatic nitrogens is 5. The Labute approximate surface area is 167 Å². The average molecular weight is 393 g/mol. The molecule has 9 nitrogen and oxygen atoms in total. The fourth-order valence-electron chi connectivity index (χ4n) is 4.11. The quantitative estimate of drug-likeness (QED) is 0.551. The van der Waals surface area contributed by atoms with Crippen LogP contribution < -0.4 is 10.5 Å². The van der Waals surface area contributed by atoms with Crippen molar-refractivity contribution in [2.24, 2.45) is 0 Å². The van der Waals surface area contributed by atoms with Gasteiger partial charge in [0.1, 0.15) is 17.0 Å². The normalized spacial score (nSPS) is 15.3. The molecular formula is C20H23N7O2. The van der Waals surface area contributed by atoms with Gasteiger partial charge in [0, 0.05) is 31.3 Å². The van der Waals surface area contributed by atoms with E-state index in [0.29, 0.717) is 29.3 Å². The molecule has 0 aliphatic carbocycles. The fraction of sp³-hybridized carbons (Fsp3) is 0.400. The van der Waals surface area contributed by atoms with Crippen LogP contribution in [0.4, 0.5) is 5.95 Å². The van der Waals surface area contributed by atoms with Crippen LogP contribution in [0.1, 0.15) is 36.5 Å². The smallest absolute Gasteiger partial charge is 0.223 e. The van der Waals surface area contributed by atoms with Gasteiger partial charge in [-0.2, -0.15) is 4.52 Å². The lowest BCUT2D eigenvalue weighted by Crippen LogP contribution is -2.32. The van der Waals surface area contributed by atoms with E-state index in [-0.39, 0.29) is 6.04 Å². The van der Waals surface area contributed by atoms with Crippen LogP contribution in [0.25, 0.3) is 16.6 Å². The van der Waals surface area contributed by atoms with E-state index in [4.69, 9.17) is 19.9 Å². The summed E-state index contributed by atoms with van der Waals surface area (Å²) in [5, 5.41) is 5.51. The highest BCUT2D eigenvalue weighted by Crippen LogP contribution is 2.29. The van der Waals surface area contributed by atoms with Gasteiger partial charge in [-0.1, -0.05) is 13.0 Å². The maximum Gasteiger partial charge on any atom is 0.223 e. The lowest BCUT2D eigenvalue weighted by Gasteiger charge is -2.24. The van der Waals surface area contributed by atoms with E-state index in [0.717, 1.165) is 48.1 Å². The largest absolute Gasteiger partial charge is 0.494 e. The number of methoxy groups -OCH3 is 1. The molecule has 1 aliphatic rings. The zero-order valence-electron chi connectivity index (χ0n) is 16.7. The fourth-order valence-corrected chi connectivity index (χ4v) is 4.11. The maximum atomic E-state index is 6.17. The second-order valence-corrected chi connectivity index (χ2v) is 7.36. The molecule has 5 rings (SSSR count). The van der Waals surface area contributed by atoms with E-state index >= 15 is 0 Å². The minimum Gasteiger partial charge on any atom is -0.494 e. The second kappa shape index (κ2) is 6.70. The Morgan fingerprint density at radius 3 is 2.86 bits per heavy atom. The molecule has 4 heterocycles. The number of aryl methyl sites for hydroxylation is 1. The number of nitrogens with two attached hydrogens (primary N) is 1. The number of nitrogens with zero attached hydrogens (tertiary/aromatic N) is 6. The summed E-state index contributed by atoms with van der Waals surface area (Å²) in [5.74, 6) is 3.41. The summed E-state index contributed by atoms with van der Waals surface area (Å²) in [6.07, 6.45) is 1.69. The van der Waals surface area contributed by atoms with Crippen molar-refractivity contribution in [3.63, 3.8) is 0 Å². The predicted molar refractivity (Wildman–Crippen MR) is 108 cm³/mol. The van der Waals surface area contributed by atoms with Crippen LogP contribution in [0.2, 0.25) is 0 Å². The molecule has 0 spiro atoms. The minimum absolute atomic E-state index is 0.284. The first-order valence-electron chi connectivity index (χ1n) is 9.74. The van der Waals surface area contributed by atoms with Crippen LogP contribution >= 0.6 is 0 Å². The lowest BCUT2D eigenvalue weighted by atomic mass is 10.1. The van der Waals surface area contributed by atoms with Gasteiger partial charge < -0.3 is 14.9 Å². The Hall–Kier alpha value is -3.20. The van der Waals surface area contributed by atoms with Gasteiger partial charge in [-0.25, -0.2) is 15.0 Å². The molecule has 1 aliphatic heterocycles. The summed E-state index contributed by atoms with van der Waals surface area (Å²) in [6, 6.07) is 6.03. The van der Waals surface area contributed by atoms with Gasteiger partial charge in [-0.05, 0) is 18.6 Å². The lowest BCUT2D eigenvalue weighted by molar-refractivity contribution is 0.178. The number of hydrogen-bond donors (Lipinski definition) is 1. The second-order valence-electron chi connectivity index (χ2n) is 7.36. The van der Waals surface area contributed by atoms with Crippen LogP contribution in [0.3, 0.4) is 0 Å². The number of rotatable bonds is 5. The topological polar surface area (TPSA) is 108 Å². The summed E-state index contributed by atoms with van der Waals surface area (Å²) < 4.78 is 12.7. The van der Waals surface area contributed by atoms with Crippen molar-refractivity contribution >= 4 is 22.5 Å². The SMILES string of the molecule is CC[C@H](Cc1nc2c3cccc(OC)c3nc(N)n2n1)N1Cc2nc(C)oc2C1. The highest BCUT2D eigenvalue weighted by molar-refractivity contribution is 5.95. The Bertz CT molecular complexity index is 1190. The maximum absolute atomic E-state index is 6.17. The van der Waals surface area contributed by atoms with Crippen molar-refractivity contribution < 1.29 is 9.15 Å². The first-order chi connectivity index (χ1) is 14.1. The van der Waals surface area contributed by atoms with E-state index < -0.39 is 0 Å². The Morgan fingerprint density at radius 2 is 2.10 bits per heavy atom. The van der Waals surface area contributed by atoms with Crippen LogP contribution in [0, 0.1) is 6.92 Å². The Kier molecular flexibility index (Phi) is 4.13. The molecule has 2 N–H and O–H groups in total. The van der Waals surface area contributed by atoms with Gasteiger partial charge >= 0.3 is 0 Å². The average Bonchev–Trinajstić information content (AvgIpc) is 3.38. The molecule has 0 unspecified atom stereocenters. The number of nitrogen functional groups attached to an aromatic ring is 1. The van der Waals surface area contributed by atoms with Crippen molar-refractivity contribution in [3.8, 4) is 5.75 Å². The number of ether oxygens (including phenoxy) is 1. The van der Waals surface area contributed by atoms with Gasteiger partial charge in [0.2, 0.25) is 5.95 Å². The zero-order valence-corrected chi connectivity index (χ0v) is 16.7. The van der Waals surface area contributed by atoms with E-state index in [1.165, 1.54) is 0 Å². The van der Waals surface area contributed by atoms with E-state index in [1.54, 1.807) is 11.6 Å². The van der Waals surface area contributed by atoms with Crippen molar-refractivity contribution in [2.45, 2.75) is 45.8 Å². The third-order valence-corrected chi connectivity index (χ3v) is 5.54. The van der Waals surface area contributed by atoms with Crippen molar-refractivity contribution in [3.05, 3.63) is 41.4 Å². The number of para-hydroxylation sites is 1. The molecule has 150 valence electrons. The van der Waals surface area contributed by atoms with Gasteiger partial charge in [-0.15, -0.1) is 5.10 Å². The van der Waals surface area contributed by atoms with Crippen LogP contribution in [-0.4, -0.2) is 42.6 Å². The van der Waals surface area contributed by atoms with Crippen molar-refractivity contribution in [1.29, 1.82) is 0 Å². The molecule has 1 atom stereocenters. The molecular weight excluding hydrogens is 370 g/mol. The first-order valence-corrected chi connectivity index (χ1v) is 9.74. The van der Waals surface area contributed by atoms with E-state index in [1.807, 2.05) is 25.1 Å². The zero-order chi connectivity index (χ0) is 20.1. The third kappa shape index (κ3) is 2.89. The molecule has 9 heteroatoms. The molecule has 1 aromatic carbocycles. The number of anilines is 1. The Balaban J connectivity index is 1.48. The van der Waals surface area contributed by atoms with Gasteiger partial charge in [0.05, 0.1) is 19.3 Å². The number of benzene rings is 1. The van der Waals surface area contributed by atoms with E-state index in [9.17, 15) is 0 Å². The first kappa shape index (κ1) is 17.9. The molecule has 3 aromatic heterocycles. The minimum atomic E-state index is 0.284. The van der Waals surface area contributed by atoms with Crippen molar-refractivity contribution in [1.82, 2.24) is 29.5 Å². The summed E-state index contributed by atoms with van der Waals surface area (Å²) in [5.41, 5.74) is 8.59. The van der Waals surface area contributed by atoms with Gasteiger partial charge in [0.25, 0.3) is 0 Å². The molecule has 4 aromatic rings. The summed E-state index contributed by atoms with van der Waals surface area (Å²) in [4.78, 5) is 16.1. The number of hydrogen-bond acceptors (Lipinski definition) is 8. The third-order valence-electron chi connectivity index (χ3n) is 5.54. The predicted octanol–water partition coefficient (Wildman–Crippen LogP) is 2.50. The van der Waals surface area contributed by atoms with Crippen LogP contribution in [0.15, 0.2) is 22.6 Å². The number of oxazole rings is 1. The molecule has 0 radical (unpaired) electrons. The molecule has 0 saturated heterocycles. The summed E-state index contributed by atoms with van der Waals surface area (Å²) >= 11 is 0. The molecule has 0 fully saturated rings. The van der Waals surface area contributed by atoms with Gasteiger partial charge in [-0.3, -0.25) is 4.90 Å². The van der Waals surface area contributed by atoms with Crippen LogP contribution in [-0.2, 0) is 19.5 Å².